The van der Waals surface area contributed by atoms with Crippen LogP contribution in [-0.2, 0) is 13.6 Å². The molecule has 23 heavy (non-hydrogen) atoms. The lowest BCUT2D eigenvalue weighted by molar-refractivity contribution is 0.216. The third-order valence-electron chi connectivity index (χ3n) is 3.25. The maximum Gasteiger partial charge on any atom is 0.315 e. The molecule has 0 fully saturated rings. The van der Waals surface area contributed by atoms with Gasteiger partial charge in [0, 0.05) is 13.2 Å². The van der Waals surface area contributed by atoms with Crippen molar-refractivity contribution in [1.29, 1.82) is 0 Å². The number of carbonyl (C=O) groups is 1. The number of aromatic nitrogens is 2. The lowest BCUT2D eigenvalue weighted by atomic mass is 10.1. The Balaban J connectivity index is 2.01. The third-order valence-corrected chi connectivity index (χ3v) is 3.25. The average Bonchev–Trinajstić information content (AvgIpc) is 2.93. The van der Waals surface area contributed by atoms with E-state index in [1.54, 1.807) is 24.0 Å². The number of nitrogens with zero attached hydrogens (tertiary/aromatic N) is 2. The molecule has 0 aliphatic rings. The number of nitrogens with one attached hydrogen (secondary N) is 2. The van der Waals surface area contributed by atoms with Gasteiger partial charge >= 0.3 is 6.03 Å². The van der Waals surface area contributed by atoms with E-state index in [0.29, 0.717) is 0 Å². The van der Waals surface area contributed by atoms with Gasteiger partial charge in [0.25, 0.3) is 0 Å². The molecule has 0 saturated heterocycles. The molecule has 0 saturated carbocycles. The predicted molar refractivity (Wildman–Crippen MR) is 74.7 cm³/mol. The smallest absolute Gasteiger partial charge is 0.315 e. The number of halogens is 3. The molecule has 2 amide bonds. The number of aliphatic hydroxyl groups is 1. The molecule has 1 atom stereocenters. The zero-order chi connectivity index (χ0) is 17.0. The van der Waals surface area contributed by atoms with Crippen LogP contribution in [0.25, 0.3) is 0 Å². The van der Waals surface area contributed by atoms with Crippen LogP contribution in [0.15, 0.2) is 24.4 Å². The van der Waals surface area contributed by atoms with Gasteiger partial charge in [-0.3, -0.25) is 4.68 Å². The van der Waals surface area contributed by atoms with Crippen molar-refractivity contribution in [3.63, 3.8) is 0 Å². The van der Waals surface area contributed by atoms with Crippen molar-refractivity contribution in [2.24, 2.45) is 7.05 Å². The summed E-state index contributed by atoms with van der Waals surface area (Å²) in [4.78, 5) is 11.8. The fourth-order valence-electron chi connectivity index (χ4n) is 1.97. The minimum absolute atomic E-state index is 0.0837. The summed E-state index contributed by atoms with van der Waals surface area (Å²) in [6, 6.07) is 1.41. The lowest BCUT2D eigenvalue weighted by Gasteiger charge is -2.17. The van der Waals surface area contributed by atoms with Gasteiger partial charge < -0.3 is 15.7 Å². The molecule has 0 spiro atoms. The lowest BCUT2D eigenvalue weighted by Crippen LogP contribution is -2.39. The summed E-state index contributed by atoms with van der Waals surface area (Å²) in [5.74, 6) is -4.39. The summed E-state index contributed by atoms with van der Waals surface area (Å²) in [6.07, 6.45) is 1.56. The number of amides is 2. The third kappa shape index (κ3) is 4.01. The van der Waals surface area contributed by atoms with E-state index in [2.05, 4.69) is 15.7 Å². The standard InChI is InChI=1S/C14H15F3N4O2/c1-21-9(2-3-19-21)6-18-14(23)20-12(7-22)8-4-10(15)13(17)11(16)5-8/h2-5,12,22H,6-7H2,1H3,(H2,18,20,23). The van der Waals surface area contributed by atoms with Crippen molar-refractivity contribution in [2.75, 3.05) is 6.61 Å². The van der Waals surface area contributed by atoms with Crippen LogP contribution in [-0.4, -0.2) is 27.5 Å². The fourth-order valence-corrected chi connectivity index (χ4v) is 1.97. The number of rotatable bonds is 5. The first kappa shape index (κ1) is 16.8. The fraction of sp³-hybridized carbons (Fsp3) is 0.286. The molecule has 2 rings (SSSR count). The Morgan fingerprint density at radius 1 is 1.35 bits per heavy atom. The zero-order valence-electron chi connectivity index (χ0n) is 12.2. The highest BCUT2D eigenvalue weighted by Crippen LogP contribution is 2.19. The quantitative estimate of drug-likeness (QED) is 0.726. The number of hydrogen-bond acceptors (Lipinski definition) is 3. The Kier molecular flexibility index (Phi) is 5.22. The predicted octanol–water partition coefficient (Wildman–Crippen LogP) is 1.37. The minimum atomic E-state index is -1.61. The summed E-state index contributed by atoms with van der Waals surface area (Å²) in [7, 11) is 1.70. The molecule has 2 aromatic rings. The molecule has 1 unspecified atom stereocenters. The van der Waals surface area contributed by atoms with Crippen LogP contribution >= 0.6 is 0 Å². The molecular formula is C14H15F3N4O2. The molecule has 3 N–H and O–H groups in total. The number of hydrogen-bond donors (Lipinski definition) is 3. The molecule has 0 radical (unpaired) electrons. The number of carbonyl (C=O) groups excluding carboxylic acids is 1. The first-order valence-corrected chi connectivity index (χ1v) is 6.69. The van der Waals surface area contributed by atoms with Crippen LogP contribution in [0.2, 0.25) is 0 Å². The average molecular weight is 328 g/mol. The highest BCUT2D eigenvalue weighted by Gasteiger charge is 2.18. The highest BCUT2D eigenvalue weighted by atomic mass is 19.2. The largest absolute Gasteiger partial charge is 0.394 e. The molecule has 1 aromatic heterocycles. The van der Waals surface area contributed by atoms with Crippen LogP contribution in [0, 0.1) is 17.5 Å². The van der Waals surface area contributed by atoms with E-state index in [-0.39, 0.29) is 12.1 Å². The van der Waals surface area contributed by atoms with E-state index >= 15 is 0 Å². The molecule has 1 heterocycles. The van der Waals surface area contributed by atoms with Crippen LogP contribution in [0.1, 0.15) is 17.3 Å². The molecule has 0 aliphatic carbocycles. The second kappa shape index (κ2) is 7.14. The topological polar surface area (TPSA) is 79.2 Å². The van der Waals surface area contributed by atoms with Gasteiger partial charge in [-0.2, -0.15) is 5.10 Å². The van der Waals surface area contributed by atoms with Crippen molar-refractivity contribution in [3.05, 3.63) is 53.1 Å². The summed E-state index contributed by atoms with van der Waals surface area (Å²) in [5, 5.41) is 18.1. The van der Waals surface area contributed by atoms with Crippen molar-refractivity contribution < 1.29 is 23.1 Å². The number of benzene rings is 1. The Hall–Kier alpha value is -2.55. The molecule has 124 valence electrons. The molecule has 1 aromatic carbocycles. The van der Waals surface area contributed by atoms with E-state index in [1.807, 2.05) is 0 Å². The first-order chi connectivity index (χ1) is 10.9. The normalized spacial score (nSPS) is 12.0. The van der Waals surface area contributed by atoms with Gasteiger partial charge in [-0.05, 0) is 23.8 Å². The Morgan fingerprint density at radius 2 is 2.00 bits per heavy atom. The van der Waals surface area contributed by atoms with Gasteiger partial charge in [-0.1, -0.05) is 0 Å². The van der Waals surface area contributed by atoms with Gasteiger partial charge in [0.2, 0.25) is 0 Å². The summed E-state index contributed by atoms with van der Waals surface area (Å²) >= 11 is 0. The van der Waals surface area contributed by atoms with Gasteiger partial charge in [0.05, 0.1) is 24.9 Å². The second-order valence-corrected chi connectivity index (χ2v) is 4.81. The highest BCUT2D eigenvalue weighted by molar-refractivity contribution is 5.74. The molecular weight excluding hydrogens is 313 g/mol. The van der Waals surface area contributed by atoms with E-state index in [1.165, 1.54) is 0 Å². The summed E-state index contributed by atoms with van der Waals surface area (Å²) in [6.45, 7) is -0.434. The van der Waals surface area contributed by atoms with Crippen LogP contribution in [0.3, 0.4) is 0 Å². The summed E-state index contributed by atoms with van der Waals surface area (Å²) < 4.78 is 40.9. The minimum Gasteiger partial charge on any atom is -0.394 e. The van der Waals surface area contributed by atoms with Crippen LogP contribution in [0.4, 0.5) is 18.0 Å². The second-order valence-electron chi connectivity index (χ2n) is 4.81. The van der Waals surface area contributed by atoms with Gasteiger partial charge in [0.1, 0.15) is 0 Å². The van der Waals surface area contributed by atoms with Crippen molar-refractivity contribution in [3.8, 4) is 0 Å². The molecule has 0 bridgehead atoms. The monoisotopic (exact) mass is 328 g/mol. The van der Waals surface area contributed by atoms with E-state index in [4.69, 9.17) is 0 Å². The van der Waals surface area contributed by atoms with Crippen molar-refractivity contribution >= 4 is 6.03 Å². The Morgan fingerprint density at radius 3 is 2.52 bits per heavy atom. The van der Waals surface area contributed by atoms with Crippen molar-refractivity contribution in [2.45, 2.75) is 12.6 Å². The number of aryl methyl sites for hydroxylation is 1. The van der Waals surface area contributed by atoms with E-state index in [9.17, 15) is 23.1 Å². The maximum atomic E-state index is 13.2. The van der Waals surface area contributed by atoms with Gasteiger partial charge in [-0.15, -0.1) is 0 Å². The number of aliphatic hydroxyl groups excluding tert-OH is 1. The number of urea groups is 1. The molecule has 6 nitrogen and oxygen atoms in total. The van der Waals surface area contributed by atoms with Crippen molar-refractivity contribution in [1.82, 2.24) is 20.4 Å². The van der Waals surface area contributed by atoms with E-state index < -0.39 is 36.1 Å². The van der Waals surface area contributed by atoms with Crippen LogP contribution < -0.4 is 10.6 Å². The Bertz CT molecular complexity index is 682. The SMILES string of the molecule is Cn1nccc1CNC(=O)NC(CO)c1cc(F)c(F)c(F)c1. The van der Waals surface area contributed by atoms with Gasteiger partial charge in [0.15, 0.2) is 17.5 Å². The van der Waals surface area contributed by atoms with E-state index in [0.717, 1.165) is 17.8 Å². The molecule has 9 heteroatoms. The molecule has 0 aliphatic heterocycles. The summed E-state index contributed by atoms with van der Waals surface area (Å²) in [5.41, 5.74) is 0.652. The maximum absolute atomic E-state index is 13.2. The van der Waals surface area contributed by atoms with Gasteiger partial charge in [-0.25, -0.2) is 18.0 Å². The van der Waals surface area contributed by atoms with Crippen LogP contribution in [0.5, 0.6) is 0 Å². The zero-order valence-corrected chi connectivity index (χ0v) is 12.2. The Labute approximate surface area is 129 Å². The first-order valence-electron chi connectivity index (χ1n) is 6.69.